The van der Waals surface area contributed by atoms with Crippen LogP contribution in [-0.2, 0) is 0 Å². The molecule has 2 atom stereocenters. The highest BCUT2D eigenvalue weighted by Crippen LogP contribution is 2.16. The van der Waals surface area contributed by atoms with E-state index in [0.717, 1.165) is 12.2 Å². The van der Waals surface area contributed by atoms with Gasteiger partial charge in [0, 0.05) is 12.2 Å². The molecule has 0 saturated heterocycles. The van der Waals surface area contributed by atoms with E-state index in [4.69, 9.17) is 0 Å². The van der Waals surface area contributed by atoms with Crippen LogP contribution in [0, 0.1) is 12.8 Å². The highest BCUT2D eigenvalue weighted by Gasteiger charge is 2.14. The van der Waals surface area contributed by atoms with Gasteiger partial charge in [-0.15, -0.1) is 0 Å². The summed E-state index contributed by atoms with van der Waals surface area (Å²) in [5, 5.41) is 7.91. The van der Waals surface area contributed by atoms with Crippen molar-refractivity contribution in [2.24, 2.45) is 5.92 Å². The van der Waals surface area contributed by atoms with Crippen molar-refractivity contribution in [3.05, 3.63) is 18.0 Å². The van der Waals surface area contributed by atoms with Crippen molar-refractivity contribution in [1.29, 1.82) is 0 Å². The lowest BCUT2D eigenvalue weighted by Gasteiger charge is -2.22. The van der Waals surface area contributed by atoms with E-state index in [1.54, 1.807) is 0 Å². The summed E-state index contributed by atoms with van der Waals surface area (Å²) in [5.74, 6) is 0.590. The second kappa shape index (κ2) is 5.31. The van der Waals surface area contributed by atoms with Gasteiger partial charge in [0.25, 0.3) is 0 Å². The first-order valence-corrected chi connectivity index (χ1v) is 5.76. The van der Waals surface area contributed by atoms with E-state index < -0.39 is 0 Å². The summed E-state index contributed by atoms with van der Waals surface area (Å²) < 4.78 is 2.06. The summed E-state index contributed by atoms with van der Waals surface area (Å²) in [7, 11) is 0. The van der Waals surface area contributed by atoms with Crippen LogP contribution in [0.2, 0.25) is 0 Å². The maximum atomic E-state index is 4.45. The number of aromatic nitrogens is 2. The van der Waals surface area contributed by atoms with Crippen molar-refractivity contribution in [3.63, 3.8) is 0 Å². The van der Waals surface area contributed by atoms with Gasteiger partial charge in [0.1, 0.15) is 0 Å². The van der Waals surface area contributed by atoms with E-state index in [0.29, 0.717) is 18.0 Å². The van der Waals surface area contributed by atoms with Crippen LogP contribution >= 0.6 is 0 Å². The maximum absolute atomic E-state index is 4.45. The van der Waals surface area contributed by atoms with Crippen molar-refractivity contribution in [1.82, 2.24) is 15.1 Å². The summed E-state index contributed by atoms with van der Waals surface area (Å²) >= 11 is 0. The fourth-order valence-corrected chi connectivity index (χ4v) is 1.51. The molecule has 0 amide bonds. The van der Waals surface area contributed by atoms with Crippen LogP contribution in [0.3, 0.4) is 0 Å². The van der Waals surface area contributed by atoms with E-state index in [1.807, 2.05) is 6.92 Å². The topological polar surface area (TPSA) is 29.9 Å². The van der Waals surface area contributed by atoms with Gasteiger partial charge in [0.15, 0.2) is 0 Å². The van der Waals surface area contributed by atoms with Gasteiger partial charge < -0.3 is 5.32 Å². The van der Waals surface area contributed by atoms with Crippen molar-refractivity contribution < 1.29 is 0 Å². The SMILES string of the molecule is Cc1ccn(C(C)C(C)CNC(C)C)n1. The Morgan fingerprint density at radius 2 is 2.00 bits per heavy atom. The van der Waals surface area contributed by atoms with Gasteiger partial charge in [-0.2, -0.15) is 5.10 Å². The molecule has 0 saturated carbocycles. The minimum atomic E-state index is 0.449. The molecule has 3 nitrogen and oxygen atoms in total. The zero-order valence-corrected chi connectivity index (χ0v) is 10.5. The molecule has 0 bridgehead atoms. The quantitative estimate of drug-likeness (QED) is 0.807. The van der Waals surface area contributed by atoms with Gasteiger partial charge in [0.05, 0.1) is 11.7 Å². The van der Waals surface area contributed by atoms with E-state index >= 15 is 0 Å². The summed E-state index contributed by atoms with van der Waals surface area (Å²) in [6.45, 7) is 11.9. The van der Waals surface area contributed by atoms with Crippen LogP contribution in [0.5, 0.6) is 0 Å². The fraction of sp³-hybridized carbons (Fsp3) is 0.750. The van der Waals surface area contributed by atoms with Crippen molar-refractivity contribution >= 4 is 0 Å². The highest BCUT2D eigenvalue weighted by molar-refractivity contribution is 4.96. The molecular weight excluding hydrogens is 186 g/mol. The third-order valence-electron chi connectivity index (χ3n) is 2.83. The number of rotatable bonds is 5. The molecule has 1 N–H and O–H groups in total. The Hall–Kier alpha value is -0.830. The molecule has 86 valence electrons. The molecule has 0 aliphatic carbocycles. The number of hydrogen-bond acceptors (Lipinski definition) is 2. The van der Waals surface area contributed by atoms with E-state index in [9.17, 15) is 0 Å². The standard InChI is InChI=1S/C12H23N3/c1-9(2)13-8-10(3)12(5)15-7-6-11(4)14-15/h6-7,9-10,12-13H,8H2,1-5H3. The van der Waals surface area contributed by atoms with E-state index in [2.05, 4.69) is 55.1 Å². The van der Waals surface area contributed by atoms with Gasteiger partial charge >= 0.3 is 0 Å². The number of nitrogens with one attached hydrogen (secondary N) is 1. The smallest absolute Gasteiger partial charge is 0.0593 e. The molecule has 1 heterocycles. The molecule has 1 aromatic heterocycles. The predicted molar refractivity (Wildman–Crippen MR) is 64.0 cm³/mol. The molecule has 3 heteroatoms. The largest absolute Gasteiger partial charge is 0.314 e. The second-order valence-corrected chi connectivity index (χ2v) is 4.72. The molecule has 0 aromatic carbocycles. The average Bonchev–Trinajstić information content (AvgIpc) is 2.60. The van der Waals surface area contributed by atoms with Crippen LogP contribution in [0.25, 0.3) is 0 Å². The first kappa shape index (κ1) is 12.2. The van der Waals surface area contributed by atoms with Crippen LogP contribution in [-0.4, -0.2) is 22.4 Å². The van der Waals surface area contributed by atoms with Crippen molar-refractivity contribution in [3.8, 4) is 0 Å². The monoisotopic (exact) mass is 209 g/mol. The van der Waals surface area contributed by atoms with Gasteiger partial charge in [-0.1, -0.05) is 20.8 Å². The van der Waals surface area contributed by atoms with Crippen molar-refractivity contribution in [2.75, 3.05) is 6.54 Å². The maximum Gasteiger partial charge on any atom is 0.0593 e. The molecule has 0 spiro atoms. The van der Waals surface area contributed by atoms with Gasteiger partial charge in [-0.25, -0.2) is 0 Å². The Balaban J connectivity index is 2.49. The Labute approximate surface area is 92.9 Å². The first-order chi connectivity index (χ1) is 7.00. The highest BCUT2D eigenvalue weighted by atomic mass is 15.3. The minimum absolute atomic E-state index is 0.449. The second-order valence-electron chi connectivity index (χ2n) is 4.72. The molecule has 0 aliphatic heterocycles. The van der Waals surface area contributed by atoms with Crippen LogP contribution in [0.1, 0.15) is 39.4 Å². The lowest BCUT2D eigenvalue weighted by atomic mass is 10.0. The van der Waals surface area contributed by atoms with E-state index in [-0.39, 0.29) is 0 Å². The molecule has 0 fully saturated rings. The Bertz CT molecular complexity index is 291. The first-order valence-electron chi connectivity index (χ1n) is 5.76. The number of nitrogens with zero attached hydrogens (tertiary/aromatic N) is 2. The summed E-state index contributed by atoms with van der Waals surface area (Å²) in [4.78, 5) is 0. The predicted octanol–water partition coefficient (Wildman–Crippen LogP) is 2.39. The zero-order valence-electron chi connectivity index (χ0n) is 10.5. The third kappa shape index (κ3) is 3.67. The molecule has 0 radical (unpaired) electrons. The molecule has 2 unspecified atom stereocenters. The summed E-state index contributed by atoms with van der Waals surface area (Å²) in [5.41, 5.74) is 1.09. The van der Waals surface area contributed by atoms with Crippen LogP contribution in [0.4, 0.5) is 0 Å². The van der Waals surface area contributed by atoms with E-state index in [1.165, 1.54) is 0 Å². The lowest BCUT2D eigenvalue weighted by molar-refractivity contribution is 0.328. The minimum Gasteiger partial charge on any atom is -0.314 e. The molecule has 1 rings (SSSR count). The number of aryl methyl sites for hydroxylation is 1. The third-order valence-corrected chi connectivity index (χ3v) is 2.83. The summed E-state index contributed by atoms with van der Waals surface area (Å²) in [6, 6.07) is 3.06. The van der Waals surface area contributed by atoms with Crippen molar-refractivity contribution in [2.45, 2.75) is 46.7 Å². The van der Waals surface area contributed by atoms with Gasteiger partial charge in [-0.05, 0) is 32.4 Å². The zero-order chi connectivity index (χ0) is 11.4. The lowest BCUT2D eigenvalue weighted by Crippen LogP contribution is -2.31. The Morgan fingerprint density at radius 3 is 2.47 bits per heavy atom. The van der Waals surface area contributed by atoms with Crippen LogP contribution < -0.4 is 5.32 Å². The molecular formula is C12H23N3. The Kier molecular flexibility index (Phi) is 4.33. The van der Waals surface area contributed by atoms with Gasteiger partial charge in [0.2, 0.25) is 0 Å². The molecule has 1 aromatic rings. The fourth-order valence-electron chi connectivity index (χ4n) is 1.51. The summed E-state index contributed by atoms with van der Waals surface area (Å²) in [6.07, 6.45) is 2.06. The van der Waals surface area contributed by atoms with Gasteiger partial charge in [-0.3, -0.25) is 4.68 Å². The normalized spacial score (nSPS) is 15.6. The van der Waals surface area contributed by atoms with Crippen LogP contribution in [0.15, 0.2) is 12.3 Å². The molecule has 15 heavy (non-hydrogen) atoms. The Morgan fingerprint density at radius 1 is 1.33 bits per heavy atom. The average molecular weight is 209 g/mol. The number of hydrogen-bond donors (Lipinski definition) is 1. The molecule has 0 aliphatic rings.